The summed E-state index contributed by atoms with van der Waals surface area (Å²) >= 11 is 0. The zero-order valence-corrected chi connectivity index (χ0v) is 23.5. The molecule has 1 saturated heterocycles. The molecule has 1 fully saturated rings. The maximum absolute atomic E-state index is 5.94. The molecule has 0 bridgehead atoms. The molecule has 1 aromatic rings. The van der Waals surface area contributed by atoms with Crippen LogP contribution in [0.4, 0.5) is 0 Å². The molecule has 6 heteroatoms. The summed E-state index contributed by atoms with van der Waals surface area (Å²) in [5, 5.41) is 3.67. The largest absolute Gasteiger partial charge is 0.494 e. The number of unbranched alkanes of at least 4 members (excludes halogenated alkanes) is 9. The highest BCUT2D eigenvalue weighted by atomic mass is 35.5. The minimum absolute atomic E-state index is 0. The van der Waals surface area contributed by atoms with Crippen molar-refractivity contribution in [2.75, 3.05) is 46.0 Å². The van der Waals surface area contributed by atoms with E-state index in [-0.39, 0.29) is 24.8 Å². The van der Waals surface area contributed by atoms with Gasteiger partial charge in [0.2, 0.25) is 0 Å². The lowest BCUT2D eigenvalue weighted by atomic mass is 10.1. The van der Waals surface area contributed by atoms with Crippen LogP contribution in [0.15, 0.2) is 24.3 Å². The SMILES string of the molecule is CCCCCCCCCCCCOc1ccc(CCC(C)NCCN2CCOCC2)cc1.Cl.Cl. The van der Waals surface area contributed by atoms with Crippen LogP contribution in [0.1, 0.15) is 90.0 Å². The number of nitrogens with one attached hydrogen (secondary N) is 1. The molecule has 1 aromatic carbocycles. The maximum atomic E-state index is 5.94. The molecule has 4 nitrogen and oxygen atoms in total. The summed E-state index contributed by atoms with van der Waals surface area (Å²) in [6.07, 6.45) is 15.9. The predicted octanol–water partition coefficient (Wildman–Crippen LogP) is 7.07. The highest BCUT2D eigenvalue weighted by Gasteiger charge is 2.10. The highest BCUT2D eigenvalue weighted by molar-refractivity contribution is 5.85. The summed E-state index contributed by atoms with van der Waals surface area (Å²) in [4.78, 5) is 2.48. The Hall–Kier alpha value is -0.520. The molecule has 1 aliphatic rings. The first kappa shape index (κ1) is 33.5. The van der Waals surface area contributed by atoms with E-state index in [0.717, 1.165) is 58.2 Å². The molecule has 0 spiro atoms. The molecular weight excluding hydrogens is 467 g/mol. The second-order valence-electron chi connectivity index (χ2n) is 9.52. The quantitative estimate of drug-likeness (QED) is 0.198. The van der Waals surface area contributed by atoms with Crippen LogP contribution in [0, 0.1) is 0 Å². The van der Waals surface area contributed by atoms with Crippen molar-refractivity contribution >= 4 is 24.8 Å². The number of ether oxygens (including phenoxy) is 2. The van der Waals surface area contributed by atoms with Crippen molar-refractivity contribution in [2.45, 2.75) is 96.9 Å². The average Bonchev–Trinajstić information content (AvgIpc) is 2.82. The molecule has 0 aliphatic carbocycles. The number of hydrogen-bond donors (Lipinski definition) is 1. The topological polar surface area (TPSA) is 33.7 Å². The van der Waals surface area contributed by atoms with Gasteiger partial charge in [0, 0.05) is 32.2 Å². The van der Waals surface area contributed by atoms with Crippen molar-refractivity contribution in [3.05, 3.63) is 29.8 Å². The maximum Gasteiger partial charge on any atom is 0.119 e. The molecule has 0 amide bonds. The molecule has 34 heavy (non-hydrogen) atoms. The van der Waals surface area contributed by atoms with Crippen LogP contribution in [0.25, 0.3) is 0 Å². The van der Waals surface area contributed by atoms with Crippen molar-refractivity contribution in [3.63, 3.8) is 0 Å². The molecule has 0 aromatic heterocycles. The van der Waals surface area contributed by atoms with Gasteiger partial charge in [0.05, 0.1) is 19.8 Å². The minimum atomic E-state index is 0. The Morgan fingerprint density at radius 1 is 0.882 bits per heavy atom. The summed E-state index contributed by atoms with van der Waals surface area (Å²) < 4.78 is 11.4. The van der Waals surface area contributed by atoms with Crippen molar-refractivity contribution < 1.29 is 9.47 Å². The summed E-state index contributed by atoms with van der Waals surface area (Å²) in [6, 6.07) is 9.29. The van der Waals surface area contributed by atoms with E-state index in [9.17, 15) is 0 Å². The molecule has 1 atom stereocenters. The second-order valence-corrected chi connectivity index (χ2v) is 9.52. The second kappa shape index (κ2) is 22.9. The lowest BCUT2D eigenvalue weighted by Crippen LogP contribution is -2.41. The predicted molar refractivity (Wildman–Crippen MR) is 151 cm³/mol. The molecule has 0 radical (unpaired) electrons. The van der Waals surface area contributed by atoms with Gasteiger partial charge in [-0.25, -0.2) is 0 Å². The first-order valence-corrected chi connectivity index (χ1v) is 13.5. The number of aryl methyl sites for hydroxylation is 1. The standard InChI is InChI=1S/C28H50N2O2.2ClH/c1-3-4-5-6-7-8-9-10-11-12-23-32-28-17-15-27(16-18-28)14-13-26(2)29-19-20-30-21-24-31-25-22-30;;/h15-18,26,29H,3-14,19-25H2,1-2H3;2*1H. The molecule has 1 heterocycles. The van der Waals surface area contributed by atoms with Gasteiger partial charge < -0.3 is 14.8 Å². The van der Waals surface area contributed by atoms with Crippen molar-refractivity contribution in [1.29, 1.82) is 0 Å². The van der Waals surface area contributed by atoms with Gasteiger partial charge in [-0.3, -0.25) is 4.90 Å². The van der Waals surface area contributed by atoms with Gasteiger partial charge in [-0.2, -0.15) is 0 Å². The first-order valence-electron chi connectivity index (χ1n) is 13.5. The zero-order valence-electron chi connectivity index (χ0n) is 21.9. The fraction of sp³-hybridized carbons (Fsp3) is 0.786. The third-order valence-electron chi connectivity index (χ3n) is 6.58. The van der Waals surface area contributed by atoms with E-state index < -0.39 is 0 Å². The smallest absolute Gasteiger partial charge is 0.119 e. The number of rotatable bonds is 19. The molecule has 200 valence electrons. The minimum Gasteiger partial charge on any atom is -0.494 e. The third kappa shape index (κ3) is 17.0. The molecular formula is C28H52Cl2N2O2. The monoisotopic (exact) mass is 518 g/mol. The van der Waals surface area contributed by atoms with Gasteiger partial charge in [-0.05, 0) is 43.9 Å². The van der Waals surface area contributed by atoms with Crippen LogP contribution >= 0.6 is 24.8 Å². The lowest BCUT2D eigenvalue weighted by molar-refractivity contribution is 0.0381. The molecule has 1 N–H and O–H groups in total. The van der Waals surface area contributed by atoms with Crippen LogP contribution in [-0.2, 0) is 11.2 Å². The normalized spacial score (nSPS) is 14.8. The Kier molecular flexibility index (Phi) is 22.6. The van der Waals surface area contributed by atoms with Gasteiger partial charge in [0.1, 0.15) is 5.75 Å². The molecule has 1 aliphatic heterocycles. The Bertz CT molecular complexity index is 554. The van der Waals surface area contributed by atoms with Crippen LogP contribution < -0.4 is 10.1 Å². The van der Waals surface area contributed by atoms with E-state index in [1.165, 1.54) is 76.2 Å². The van der Waals surface area contributed by atoms with Crippen LogP contribution in [0.3, 0.4) is 0 Å². The summed E-state index contributed by atoms with van der Waals surface area (Å²) in [5.41, 5.74) is 1.40. The highest BCUT2D eigenvalue weighted by Crippen LogP contribution is 2.15. The van der Waals surface area contributed by atoms with E-state index in [0.29, 0.717) is 6.04 Å². The number of hydrogen-bond acceptors (Lipinski definition) is 4. The first-order chi connectivity index (χ1) is 15.8. The van der Waals surface area contributed by atoms with E-state index in [1.807, 2.05) is 0 Å². The van der Waals surface area contributed by atoms with E-state index in [1.54, 1.807) is 0 Å². The van der Waals surface area contributed by atoms with Crippen molar-refractivity contribution in [3.8, 4) is 5.75 Å². The third-order valence-corrected chi connectivity index (χ3v) is 6.58. The van der Waals surface area contributed by atoms with E-state index >= 15 is 0 Å². The Morgan fingerprint density at radius 3 is 2.09 bits per heavy atom. The Labute approximate surface area is 222 Å². The zero-order chi connectivity index (χ0) is 22.7. The van der Waals surface area contributed by atoms with Crippen molar-refractivity contribution in [2.24, 2.45) is 0 Å². The number of benzene rings is 1. The summed E-state index contributed by atoms with van der Waals surface area (Å²) in [7, 11) is 0. The van der Waals surface area contributed by atoms with Crippen LogP contribution in [0.2, 0.25) is 0 Å². The fourth-order valence-electron chi connectivity index (χ4n) is 4.31. The van der Waals surface area contributed by atoms with Crippen LogP contribution in [0.5, 0.6) is 5.75 Å². The summed E-state index contributed by atoms with van der Waals surface area (Å²) in [5.74, 6) is 1.02. The van der Waals surface area contributed by atoms with Gasteiger partial charge in [-0.1, -0.05) is 76.8 Å². The average molecular weight is 520 g/mol. The number of halogens is 2. The molecule has 0 saturated carbocycles. The lowest BCUT2D eigenvalue weighted by Gasteiger charge is -2.27. The fourth-order valence-corrected chi connectivity index (χ4v) is 4.31. The number of morpholine rings is 1. The number of nitrogens with zero attached hydrogens (tertiary/aromatic N) is 1. The van der Waals surface area contributed by atoms with Gasteiger partial charge in [-0.15, -0.1) is 24.8 Å². The van der Waals surface area contributed by atoms with E-state index in [2.05, 4.69) is 48.3 Å². The van der Waals surface area contributed by atoms with Crippen LogP contribution in [-0.4, -0.2) is 56.9 Å². The van der Waals surface area contributed by atoms with Gasteiger partial charge in [0.25, 0.3) is 0 Å². The Balaban J connectivity index is 0.00000544. The van der Waals surface area contributed by atoms with Crippen molar-refractivity contribution in [1.82, 2.24) is 10.2 Å². The summed E-state index contributed by atoms with van der Waals surface area (Å²) in [6.45, 7) is 11.5. The van der Waals surface area contributed by atoms with E-state index in [4.69, 9.17) is 9.47 Å². The Morgan fingerprint density at radius 2 is 1.47 bits per heavy atom. The molecule has 1 unspecified atom stereocenters. The molecule has 2 rings (SSSR count). The van der Waals surface area contributed by atoms with Gasteiger partial charge >= 0.3 is 0 Å². The van der Waals surface area contributed by atoms with Gasteiger partial charge in [0.15, 0.2) is 0 Å².